The van der Waals surface area contributed by atoms with Crippen molar-refractivity contribution in [2.45, 2.75) is 6.61 Å². The van der Waals surface area contributed by atoms with Crippen LogP contribution in [0.4, 0.5) is 0 Å². The van der Waals surface area contributed by atoms with Gasteiger partial charge in [0.15, 0.2) is 5.76 Å². The van der Waals surface area contributed by atoms with Crippen molar-refractivity contribution in [3.63, 3.8) is 0 Å². The van der Waals surface area contributed by atoms with Gasteiger partial charge in [-0.2, -0.15) is 0 Å². The molecule has 1 fully saturated rings. The van der Waals surface area contributed by atoms with Crippen molar-refractivity contribution < 1.29 is 13.9 Å². The number of benzene rings is 1. The smallest absolute Gasteiger partial charge is 0.289 e. The van der Waals surface area contributed by atoms with Gasteiger partial charge in [0.2, 0.25) is 0 Å². The van der Waals surface area contributed by atoms with Crippen LogP contribution in [0.3, 0.4) is 0 Å². The number of para-hydroxylation sites is 1. The van der Waals surface area contributed by atoms with Crippen LogP contribution in [-0.2, 0) is 6.61 Å². The van der Waals surface area contributed by atoms with Crippen LogP contribution in [0, 0.1) is 0 Å². The number of rotatable bonds is 4. The number of hydrogen-bond donors (Lipinski definition) is 0. The van der Waals surface area contributed by atoms with E-state index >= 15 is 0 Å². The van der Waals surface area contributed by atoms with Crippen LogP contribution in [0.1, 0.15) is 16.3 Å². The fraction of sp³-hybridized carbons (Fsp3) is 0.353. The first-order valence-corrected chi connectivity index (χ1v) is 7.47. The van der Waals surface area contributed by atoms with E-state index in [1.54, 1.807) is 12.1 Å². The molecule has 0 spiro atoms. The van der Waals surface area contributed by atoms with E-state index in [1.807, 2.05) is 35.2 Å². The van der Waals surface area contributed by atoms with Gasteiger partial charge in [0.25, 0.3) is 5.91 Å². The molecule has 0 radical (unpaired) electrons. The molecule has 0 atom stereocenters. The Morgan fingerprint density at radius 2 is 1.82 bits per heavy atom. The van der Waals surface area contributed by atoms with Crippen LogP contribution < -0.4 is 4.74 Å². The lowest BCUT2D eigenvalue weighted by atomic mass is 10.3. The van der Waals surface area contributed by atoms with E-state index in [0.717, 1.165) is 31.9 Å². The molecule has 5 heteroatoms. The zero-order valence-corrected chi connectivity index (χ0v) is 12.7. The summed E-state index contributed by atoms with van der Waals surface area (Å²) >= 11 is 0. The van der Waals surface area contributed by atoms with Crippen molar-refractivity contribution in [1.29, 1.82) is 0 Å². The van der Waals surface area contributed by atoms with Gasteiger partial charge < -0.3 is 19.0 Å². The standard InChI is InChI=1S/C17H20N2O3/c1-18-9-11-19(12-10-18)17(20)16-8-7-15(22-16)13-21-14-5-3-2-4-6-14/h2-8H,9-13H2,1H3. The summed E-state index contributed by atoms with van der Waals surface area (Å²) in [4.78, 5) is 16.4. The van der Waals surface area contributed by atoms with Crippen LogP contribution in [0.5, 0.6) is 5.75 Å². The summed E-state index contributed by atoms with van der Waals surface area (Å²) in [5, 5.41) is 0. The predicted octanol–water partition coefficient (Wildman–Crippen LogP) is 2.25. The topological polar surface area (TPSA) is 45.9 Å². The number of likely N-dealkylation sites (N-methyl/N-ethyl adjacent to an activating group) is 1. The molecule has 1 aromatic carbocycles. The molecule has 1 amide bonds. The molecule has 3 rings (SSSR count). The molecule has 0 N–H and O–H groups in total. The molecular weight excluding hydrogens is 280 g/mol. The van der Waals surface area contributed by atoms with E-state index in [9.17, 15) is 4.79 Å². The monoisotopic (exact) mass is 300 g/mol. The van der Waals surface area contributed by atoms with Crippen molar-refractivity contribution in [3.05, 3.63) is 54.0 Å². The van der Waals surface area contributed by atoms with E-state index in [4.69, 9.17) is 9.15 Å². The summed E-state index contributed by atoms with van der Waals surface area (Å²) in [5.41, 5.74) is 0. The van der Waals surface area contributed by atoms with Gasteiger partial charge in [-0.1, -0.05) is 18.2 Å². The lowest BCUT2D eigenvalue weighted by molar-refractivity contribution is 0.0628. The second-order valence-electron chi connectivity index (χ2n) is 5.46. The van der Waals surface area contributed by atoms with E-state index in [2.05, 4.69) is 11.9 Å². The normalized spacial score (nSPS) is 15.8. The molecule has 0 aliphatic carbocycles. The molecule has 1 aliphatic rings. The fourth-order valence-electron chi connectivity index (χ4n) is 2.41. The van der Waals surface area contributed by atoms with Gasteiger partial charge in [-0.05, 0) is 31.3 Å². The maximum atomic E-state index is 12.4. The van der Waals surface area contributed by atoms with Crippen LogP contribution in [0.25, 0.3) is 0 Å². The summed E-state index contributed by atoms with van der Waals surface area (Å²) < 4.78 is 11.2. The minimum absolute atomic E-state index is 0.0425. The molecule has 0 saturated carbocycles. The summed E-state index contributed by atoms with van der Waals surface area (Å²) in [6.45, 7) is 3.60. The molecule has 0 unspecified atom stereocenters. The van der Waals surface area contributed by atoms with Gasteiger partial charge in [0.1, 0.15) is 18.1 Å². The number of carbonyl (C=O) groups excluding carboxylic acids is 1. The third kappa shape index (κ3) is 3.49. The van der Waals surface area contributed by atoms with Gasteiger partial charge in [-0.3, -0.25) is 4.79 Å². The fourth-order valence-corrected chi connectivity index (χ4v) is 2.41. The first-order valence-electron chi connectivity index (χ1n) is 7.47. The lowest BCUT2D eigenvalue weighted by Crippen LogP contribution is -2.47. The maximum absolute atomic E-state index is 12.4. The third-order valence-corrected chi connectivity index (χ3v) is 3.79. The number of nitrogens with zero attached hydrogens (tertiary/aromatic N) is 2. The van der Waals surface area contributed by atoms with Crippen molar-refractivity contribution in [2.75, 3.05) is 33.2 Å². The summed E-state index contributed by atoms with van der Waals surface area (Å²) in [6, 6.07) is 13.1. The molecule has 0 bridgehead atoms. The lowest BCUT2D eigenvalue weighted by Gasteiger charge is -2.31. The Labute approximate surface area is 130 Å². The first kappa shape index (κ1) is 14.7. The Morgan fingerprint density at radius 1 is 1.09 bits per heavy atom. The first-order chi connectivity index (χ1) is 10.7. The minimum Gasteiger partial charge on any atom is -0.486 e. The third-order valence-electron chi connectivity index (χ3n) is 3.79. The number of furan rings is 1. The SMILES string of the molecule is CN1CCN(C(=O)c2ccc(COc3ccccc3)o2)CC1. The Bertz CT molecular complexity index is 616. The predicted molar refractivity (Wildman–Crippen MR) is 82.9 cm³/mol. The second-order valence-corrected chi connectivity index (χ2v) is 5.46. The summed E-state index contributed by atoms with van der Waals surface area (Å²) in [5.74, 6) is 1.78. The summed E-state index contributed by atoms with van der Waals surface area (Å²) in [6.07, 6.45) is 0. The number of amides is 1. The van der Waals surface area contributed by atoms with Crippen molar-refractivity contribution in [3.8, 4) is 5.75 Å². The second kappa shape index (κ2) is 6.66. The van der Waals surface area contributed by atoms with Crippen LogP contribution >= 0.6 is 0 Å². The minimum atomic E-state index is -0.0425. The molecule has 1 saturated heterocycles. The van der Waals surface area contributed by atoms with Crippen molar-refractivity contribution >= 4 is 5.91 Å². The highest BCUT2D eigenvalue weighted by Crippen LogP contribution is 2.15. The van der Waals surface area contributed by atoms with Gasteiger partial charge >= 0.3 is 0 Å². The highest BCUT2D eigenvalue weighted by atomic mass is 16.5. The van der Waals surface area contributed by atoms with Gasteiger partial charge in [-0.15, -0.1) is 0 Å². The van der Waals surface area contributed by atoms with Gasteiger partial charge in [-0.25, -0.2) is 0 Å². The van der Waals surface area contributed by atoms with Crippen LogP contribution in [-0.4, -0.2) is 48.9 Å². The average Bonchev–Trinajstić information content (AvgIpc) is 3.03. The number of carbonyl (C=O) groups is 1. The molecule has 1 aromatic heterocycles. The molecule has 2 aromatic rings. The van der Waals surface area contributed by atoms with Crippen molar-refractivity contribution in [2.24, 2.45) is 0 Å². The molecule has 116 valence electrons. The summed E-state index contributed by atoms with van der Waals surface area (Å²) in [7, 11) is 2.06. The van der Waals surface area contributed by atoms with E-state index < -0.39 is 0 Å². The van der Waals surface area contributed by atoms with Crippen LogP contribution in [0.2, 0.25) is 0 Å². The zero-order valence-electron chi connectivity index (χ0n) is 12.7. The quantitative estimate of drug-likeness (QED) is 0.869. The zero-order chi connectivity index (χ0) is 15.4. The van der Waals surface area contributed by atoms with Gasteiger partial charge in [0.05, 0.1) is 0 Å². The highest BCUT2D eigenvalue weighted by Gasteiger charge is 2.22. The molecule has 2 heterocycles. The molecule has 1 aliphatic heterocycles. The van der Waals surface area contributed by atoms with Gasteiger partial charge in [0, 0.05) is 26.2 Å². The highest BCUT2D eigenvalue weighted by molar-refractivity contribution is 5.91. The van der Waals surface area contributed by atoms with E-state index in [1.165, 1.54) is 0 Å². The Hall–Kier alpha value is -2.27. The Balaban J connectivity index is 1.57. The molecule has 5 nitrogen and oxygen atoms in total. The maximum Gasteiger partial charge on any atom is 0.289 e. The van der Waals surface area contributed by atoms with Crippen molar-refractivity contribution in [1.82, 2.24) is 9.80 Å². The Kier molecular flexibility index (Phi) is 4.44. The largest absolute Gasteiger partial charge is 0.486 e. The van der Waals surface area contributed by atoms with Crippen LogP contribution in [0.15, 0.2) is 46.9 Å². The number of hydrogen-bond acceptors (Lipinski definition) is 4. The number of ether oxygens (including phenoxy) is 1. The number of piperazine rings is 1. The average molecular weight is 300 g/mol. The van der Waals surface area contributed by atoms with E-state index in [0.29, 0.717) is 18.1 Å². The Morgan fingerprint density at radius 3 is 2.55 bits per heavy atom. The molecule has 22 heavy (non-hydrogen) atoms. The molecular formula is C17H20N2O3. The van der Waals surface area contributed by atoms with E-state index in [-0.39, 0.29) is 5.91 Å².